The van der Waals surface area contributed by atoms with E-state index in [0.29, 0.717) is 0 Å². The first kappa shape index (κ1) is 9.58. The predicted octanol–water partition coefficient (Wildman–Crippen LogP) is 2.52. The van der Waals surface area contributed by atoms with Crippen molar-refractivity contribution in [2.45, 2.75) is 11.8 Å². The Balaban J connectivity index is 4.40. The van der Waals surface area contributed by atoms with Crippen molar-refractivity contribution in [3.63, 3.8) is 0 Å². The molecule has 0 unspecified atom stereocenters. The van der Waals surface area contributed by atoms with Gasteiger partial charge in [0.2, 0.25) is 0 Å². The Kier molecular flexibility index (Phi) is 2.22. The zero-order valence-corrected chi connectivity index (χ0v) is 4.47. The molecule has 0 fully saturated rings. The van der Waals surface area contributed by atoms with Gasteiger partial charge in [-0.15, -0.1) is 0 Å². The summed E-state index contributed by atoms with van der Waals surface area (Å²) in [6.45, 7) is 1.58. The van der Waals surface area contributed by atoms with Crippen LogP contribution in [0.15, 0.2) is 0 Å². The highest BCUT2D eigenvalue weighted by atomic mass is 19.3. The summed E-state index contributed by atoms with van der Waals surface area (Å²) in [7, 11) is 0. The Labute approximate surface area is 52.8 Å². The van der Waals surface area contributed by atoms with E-state index < -0.39 is 18.3 Å². The zero-order valence-electron chi connectivity index (χ0n) is 4.47. The van der Waals surface area contributed by atoms with Crippen molar-refractivity contribution in [2.24, 2.45) is 0 Å². The maximum absolute atomic E-state index is 11.5. The Bertz CT molecular complexity index is 111. The van der Waals surface area contributed by atoms with E-state index in [2.05, 4.69) is 0 Å². The predicted molar refractivity (Wildman–Crippen MR) is 20.7 cm³/mol. The summed E-state index contributed by atoms with van der Waals surface area (Å²) >= 11 is 0. The van der Waals surface area contributed by atoms with Gasteiger partial charge in [0.05, 0.1) is 0 Å². The van der Waals surface area contributed by atoms with Gasteiger partial charge in [-0.3, -0.25) is 0 Å². The number of hydrogen-bond acceptors (Lipinski definition) is 0. The van der Waals surface area contributed by atoms with E-state index in [1.54, 1.807) is 6.92 Å². The Hall–Kier alpha value is -0.420. The Morgan fingerprint density at radius 3 is 1.30 bits per heavy atom. The van der Waals surface area contributed by atoms with Crippen LogP contribution in [-0.4, -0.2) is 11.8 Å². The van der Waals surface area contributed by atoms with Crippen molar-refractivity contribution >= 4 is 0 Å². The average Bonchev–Trinajstić information content (AvgIpc) is 1.62. The monoisotopic (exact) mass is 164 g/mol. The molecule has 0 amide bonds. The molecule has 0 aliphatic rings. The molecule has 0 aromatic heterocycles. The van der Waals surface area contributed by atoms with Crippen LogP contribution in [0.3, 0.4) is 0 Å². The summed E-state index contributed by atoms with van der Waals surface area (Å²) < 4.78 is 67.6. The number of halogens is 6. The lowest BCUT2D eigenvalue weighted by Crippen LogP contribution is -2.40. The van der Waals surface area contributed by atoms with Crippen LogP contribution in [0.25, 0.3) is 0 Å². The topological polar surface area (TPSA) is 0 Å². The molecule has 0 aliphatic carbocycles. The van der Waals surface area contributed by atoms with Gasteiger partial charge in [-0.05, 0) is 0 Å². The summed E-state index contributed by atoms with van der Waals surface area (Å²) in [5, 5.41) is 0. The SMILES string of the molecule is [CH2]C(F)(F)C(F)(F)[C](F)F. The van der Waals surface area contributed by atoms with Crippen molar-refractivity contribution in [3.8, 4) is 0 Å². The maximum Gasteiger partial charge on any atom is 0.384 e. The molecule has 10 heavy (non-hydrogen) atoms. The van der Waals surface area contributed by atoms with Gasteiger partial charge in [-0.25, -0.2) is 0 Å². The summed E-state index contributed by atoms with van der Waals surface area (Å²) in [5.74, 6) is -10.4. The molecule has 60 valence electrons. The van der Waals surface area contributed by atoms with Crippen LogP contribution < -0.4 is 0 Å². The van der Waals surface area contributed by atoms with E-state index in [4.69, 9.17) is 0 Å². The fourth-order valence-electron chi connectivity index (χ4n) is 0.138. The third-order valence-electron chi connectivity index (χ3n) is 0.697. The first-order valence-corrected chi connectivity index (χ1v) is 1.99. The molecule has 0 aromatic carbocycles. The molecule has 0 N–H and O–H groups in total. The van der Waals surface area contributed by atoms with E-state index in [-0.39, 0.29) is 0 Å². The van der Waals surface area contributed by atoms with Crippen LogP contribution in [0.1, 0.15) is 0 Å². The average molecular weight is 164 g/mol. The quantitative estimate of drug-likeness (QED) is 0.550. The molecule has 0 heterocycles. The lowest BCUT2D eigenvalue weighted by molar-refractivity contribution is -0.203. The minimum absolute atomic E-state index is 1.58. The molecule has 0 aliphatic heterocycles. The van der Waals surface area contributed by atoms with Gasteiger partial charge in [-0.1, -0.05) is 0 Å². The first-order chi connectivity index (χ1) is 4.19. The van der Waals surface area contributed by atoms with E-state index in [1.807, 2.05) is 0 Å². The van der Waals surface area contributed by atoms with Crippen LogP contribution >= 0.6 is 0 Å². The fourth-order valence-corrected chi connectivity index (χ4v) is 0.138. The standard InChI is InChI=1S/C4H2F6/c1-3(7,8)4(9,10)2(5)6/h1H2. The van der Waals surface area contributed by atoms with Gasteiger partial charge in [0, 0.05) is 6.92 Å². The highest BCUT2D eigenvalue weighted by Gasteiger charge is 2.61. The second-order valence-corrected chi connectivity index (χ2v) is 1.54. The summed E-state index contributed by atoms with van der Waals surface area (Å²) in [4.78, 5) is 0. The molecule has 0 aromatic rings. The second-order valence-electron chi connectivity index (χ2n) is 1.54. The van der Waals surface area contributed by atoms with Crippen molar-refractivity contribution in [1.82, 2.24) is 0 Å². The highest BCUT2D eigenvalue weighted by molar-refractivity contribution is 4.97. The Morgan fingerprint density at radius 1 is 1.00 bits per heavy atom. The number of rotatable bonds is 2. The third kappa shape index (κ3) is 1.54. The molecule has 0 saturated heterocycles. The molecule has 6 heteroatoms. The molecular formula is C4H2F6. The van der Waals surface area contributed by atoms with Crippen molar-refractivity contribution in [1.29, 1.82) is 0 Å². The molecule has 2 radical (unpaired) electrons. The van der Waals surface area contributed by atoms with Crippen LogP contribution in [0.4, 0.5) is 26.3 Å². The van der Waals surface area contributed by atoms with Crippen LogP contribution in [-0.2, 0) is 0 Å². The normalized spacial score (nSPS) is 14.4. The van der Waals surface area contributed by atoms with Crippen molar-refractivity contribution < 1.29 is 26.3 Å². The zero-order chi connectivity index (χ0) is 8.58. The molecule has 0 atom stereocenters. The summed E-state index contributed by atoms with van der Waals surface area (Å²) in [6, 6.07) is 0. The summed E-state index contributed by atoms with van der Waals surface area (Å²) in [6.07, 6.45) is -3.63. The lowest BCUT2D eigenvalue weighted by Gasteiger charge is -2.19. The third-order valence-corrected chi connectivity index (χ3v) is 0.697. The summed E-state index contributed by atoms with van der Waals surface area (Å²) in [5.41, 5.74) is 0. The van der Waals surface area contributed by atoms with E-state index in [0.717, 1.165) is 0 Å². The van der Waals surface area contributed by atoms with E-state index >= 15 is 0 Å². The fraction of sp³-hybridized carbons (Fsp3) is 0.500. The lowest BCUT2D eigenvalue weighted by atomic mass is 10.2. The van der Waals surface area contributed by atoms with Gasteiger partial charge in [-0.2, -0.15) is 26.3 Å². The van der Waals surface area contributed by atoms with Crippen molar-refractivity contribution in [2.75, 3.05) is 0 Å². The van der Waals surface area contributed by atoms with E-state index in [1.165, 1.54) is 0 Å². The van der Waals surface area contributed by atoms with Crippen LogP contribution in [0.2, 0.25) is 0 Å². The number of alkyl halides is 4. The molecule has 0 bridgehead atoms. The minimum atomic E-state index is -5.42. The molecule has 0 spiro atoms. The molecule has 0 rings (SSSR count). The van der Waals surface area contributed by atoms with Gasteiger partial charge < -0.3 is 0 Å². The largest absolute Gasteiger partial charge is 0.384 e. The Morgan fingerprint density at radius 2 is 1.30 bits per heavy atom. The maximum atomic E-state index is 11.5. The van der Waals surface area contributed by atoms with E-state index in [9.17, 15) is 26.3 Å². The molecule has 0 saturated carbocycles. The van der Waals surface area contributed by atoms with Gasteiger partial charge >= 0.3 is 18.3 Å². The first-order valence-electron chi connectivity index (χ1n) is 1.99. The van der Waals surface area contributed by atoms with Crippen LogP contribution in [0.5, 0.6) is 0 Å². The molecule has 0 nitrogen and oxygen atoms in total. The van der Waals surface area contributed by atoms with Crippen LogP contribution in [0, 0.1) is 13.3 Å². The number of hydrogen-bond donors (Lipinski definition) is 0. The second kappa shape index (κ2) is 2.32. The van der Waals surface area contributed by atoms with Gasteiger partial charge in [0.25, 0.3) is 0 Å². The van der Waals surface area contributed by atoms with Gasteiger partial charge in [0.15, 0.2) is 0 Å². The molecular weight excluding hydrogens is 162 g/mol. The minimum Gasteiger partial charge on any atom is -0.200 e. The van der Waals surface area contributed by atoms with Gasteiger partial charge in [0.1, 0.15) is 0 Å². The van der Waals surface area contributed by atoms with Crippen molar-refractivity contribution in [3.05, 3.63) is 13.3 Å². The highest BCUT2D eigenvalue weighted by Crippen LogP contribution is 2.41. The smallest absolute Gasteiger partial charge is 0.200 e.